The fraction of sp³-hybridized carbons (Fsp3) is 0.400. The SMILES string of the molecule is Cc1cccc2c(=O)n(CCC(=O)NC(CN3CCN(C)CC3)c3ccccc3)cnc12. The summed E-state index contributed by atoms with van der Waals surface area (Å²) in [4.78, 5) is 34.8. The number of para-hydroxylation sites is 1. The van der Waals surface area contributed by atoms with Crippen LogP contribution in [0.4, 0.5) is 0 Å². The topological polar surface area (TPSA) is 70.5 Å². The molecule has 2 heterocycles. The molecule has 3 aromatic rings. The van der Waals surface area contributed by atoms with Crippen molar-refractivity contribution >= 4 is 16.8 Å². The third-order valence-electron chi connectivity index (χ3n) is 6.21. The van der Waals surface area contributed by atoms with Crippen molar-refractivity contribution in [3.05, 3.63) is 76.3 Å². The van der Waals surface area contributed by atoms with Gasteiger partial charge < -0.3 is 10.2 Å². The zero-order chi connectivity index (χ0) is 22.5. The second kappa shape index (κ2) is 10.1. The molecule has 7 heteroatoms. The van der Waals surface area contributed by atoms with Gasteiger partial charge in [0.15, 0.2) is 0 Å². The first-order valence-electron chi connectivity index (χ1n) is 11.2. The van der Waals surface area contributed by atoms with Crippen molar-refractivity contribution in [1.29, 1.82) is 0 Å². The van der Waals surface area contributed by atoms with Crippen LogP contribution >= 0.6 is 0 Å². The predicted molar refractivity (Wildman–Crippen MR) is 127 cm³/mol. The fourth-order valence-electron chi connectivity index (χ4n) is 4.19. The third kappa shape index (κ3) is 5.23. The van der Waals surface area contributed by atoms with Gasteiger partial charge in [-0.2, -0.15) is 0 Å². The van der Waals surface area contributed by atoms with Crippen LogP contribution in [0.1, 0.15) is 23.6 Å². The van der Waals surface area contributed by atoms with Gasteiger partial charge in [0.05, 0.1) is 23.3 Å². The Morgan fingerprint density at radius 1 is 1.06 bits per heavy atom. The van der Waals surface area contributed by atoms with Gasteiger partial charge in [-0.05, 0) is 31.2 Å². The molecule has 0 bridgehead atoms. The first-order chi connectivity index (χ1) is 15.5. The predicted octanol–water partition coefficient (Wildman–Crippen LogP) is 2.20. The molecule has 1 aliphatic rings. The van der Waals surface area contributed by atoms with E-state index in [1.54, 1.807) is 12.4 Å². The van der Waals surface area contributed by atoms with Gasteiger partial charge in [-0.1, -0.05) is 42.5 Å². The molecule has 1 fully saturated rings. The number of hydrogen-bond donors (Lipinski definition) is 1. The van der Waals surface area contributed by atoms with E-state index in [1.165, 1.54) is 4.57 Å². The lowest BCUT2D eigenvalue weighted by Gasteiger charge is -2.35. The van der Waals surface area contributed by atoms with Crippen LogP contribution in [-0.2, 0) is 11.3 Å². The maximum atomic E-state index is 12.8. The number of likely N-dealkylation sites (N-methyl/N-ethyl adjacent to an activating group) is 1. The number of nitrogens with zero attached hydrogens (tertiary/aromatic N) is 4. The summed E-state index contributed by atoms with van der Waals surface area (Å²) in [5.74, 6) is -0.0655. The monoisotopic (exact) mass is 433 g/mol. The molecular weight excluding hydrogens is 402 g/mol. The van der Waals surface area contributed by atoms with Crippen molar-refractivity contribution in [2.45, 2.75) is 25.9 Å². The third-order valence-corrected chi connectivity index (χ3v) is 6.21. The molecule has 1 amide bonds. The highest BCUT2D eigenvalue weighted by Crippen LogP contribution is 2.16. The number of rotatable bonds is 7. The van der Waals surface area contributed by atoms with E-state index in [0.29, 0.717) is 11.9 Å². The standard InChI is InChI=1S/C25H31N5O2/c1-19-7-6-10-21-24(19)26-18-30(25(21)32)12-11-23(31)27-22(20-8-4-3-5-9-20)17-29-15-13-28(2)14-16-29/h3-10,18,22H,11-17H2,1-2H3,(H,27,31). The van der Waals surface area contributed by atoms with E-state index >= 15 is 0 Å². The van der Waals surface area contributed by atoms with Gasteiger partial charge in [0, 0.05) is 45.7 Å². The zero-order valence-electron chi connectivity index (χ0n) is 18.8. The molecule has 0 radical (unpaired) electrons. The highest BCUT2D eigenvalue weighted by molar-refractivity contribution is 5.80. The van der Waals surface area contributed by atoms with Crippen LogP contribution in [0, 0.1) is 6.92 Å². The van der Waals surface area contributed by atoms with E-state index in [1.807, 2.05) is 37.3 Å². The highest BCUT2D eigenvalue weighted by atomic mass is 16.2. The Kier molecular flexibility index (Phi) is 6.97. The number of carbonyl (C=O) groups excluding carboxylic acids is 1. The number of carbonyl (C=O) groups is 1. The molecule has 32 heavy (non-hydrogen) atoms. The molecule has 1 atom stereocenters. The molecule has 0 saturated carbocycles. The van der Waals surface area contributed by atoms with E-state index < -0.39 is 0 Å². The number of nitrogens with one attached hydrogen (secondary N) is 1. The minimum Gasteiger partial charge on any atom is -0.348 e. The maximum Gasteiger partial charge on any atom is 0.261 e. The molecule has 1 unspecified atom stereocenters. The summed E-state index contributed by atoms with van der Waals surface area (Å²) in [5.41, 5.74) is 2.68. The zero-order valence-corrected chi connectivity index (χ0v) is 18.8. The number of amides is 1. The van der Waals surface area contributed by atoms with Crippen molar-refractivity contribution in [2.75, 3.05) is 39.8 Å². The van der Waals surface area contributed by atoms with Gasteiger partial charge in [0.25, 0.3) is 5.56 Å². The minimum absolute atomic E-state index is 0.0655. The number of aryl methyl sites for hydroxylation is 2. The van der Waals surface area contributed by atoms with Crippen LogP contribution in [0.5, 0.6) is 0 Å². The van der Waals surface area contributed by atoms with E-state index in [0.717, 1.165) is 49.4 Å². The summed E-state index contributed by atoms with van der Waals surface area (Å²) in [6.07, 6.45) is 1.77. The summed E-state index contributed by atoms with van der Waals surface area (Å²) >= 11 is 0. The summed E-state index contributed by atoms with van der Waals surface area (Å²) in [7, 11) is 2.14. The molecule has 1 saturated heterocycles. The van der Waals surface area contributed by atoms with Crippen molar-refractivity contribution in [2.24, 2.45) is 0 Å². The lowest BCUT2D eigenvalue weighted by atomic mass is 10.1. The summed E-state index contributed by atoms with van der Waals surface area (Å²) in [6.45, 7) is 7.08. The molecule has 4 rings (SSSR count). The van der Waals surface area contributed by atoms with Gasteiger partial charge in [0.2, 0.25) is 5.91 Å². The van der Waals surface area contributed by atoms with Crippen LogP contribution in [-0.4, -0.2) is 65.0 Å². The van der Waals surface area contributed by atoms with E-state index in [4.69, 9.17) is 0 Å². The first kappa shape index (κ1) is 22.2. The van der Waals surface area contributed by atoms with Gasteiger partial charge in [-0.3, -0.25) is 19.1 Å². The molecule has 168 valence electrons. The second-order valence-corrected chi connectivity index (χ2v) is 8.60. The minimum atomic E-state index is -0.108. The summed E-state index contributed by atoms with van der Waals surface area (Å²) < 4.78 is 1.53. The Balaban J connectivity index is 1.43. The van der Waals surface area contributed by atoms with Crippen LogP contribution in [0.2, 0.25) is 0 Å². The molecule has 2 aromatic carbocycles. The lowest BCUT2D eigenvalue weighted by molar-refractivity contribution is -0.122. The molecule has 0 aliphatic carbocycles. The maximum absolute atomic E-state index is 12.8. The average Bonchev–Trinajstić information content (AvgIpc) is 2.81. The average molecular weight is 434 g/mol. The molecule has 1 aromatic heterocycles. The molecule has 1 aliphatic heterocycles. The Morgan fingerprint density at radius 2 is 1.81 bits per heavy atom. The fourth-order valence-corrected chi connectivity index (χ4v) is 4.19. The van der Waals surface area contributed by atoms with Crippen LogP contribution in [0.15, 0.2) is 59.7 Å². The number of aromatic nitrogens is 2. The van der Waals surface area contributed by atoms with Crippen molar-refractivity contribution in [3.8, 4) is 0 Å². The highest BCUT2D eigenvalue weighted by Gasteiger charge is 2.21. The Labute approximate surface area is 188 Å². The van der Waals surface area contributed by atoms with Crippen molar-refractivity contribution in [1.82, 2.24) is 24.7 Å². The van der Waals surface area contributed by atoms with Gasteiger partial charge in [0.1, 0.15) is 0 Å². The van der Waals surface area contributed by atoms with Crippen LogP contribution in [0.3, 0.4) is 0 Å². The van der Waals surface area contributed by atoms with Gasteiger partial charge in [-0.15, -0.1) is 0 Å². The molecule has 1 N–H and O–H groups in total. The first-order valence-corrected chi connectivity index (χ1v) is 11.2. The van der Waals surface area contributed by atoms with Crippen molar-refractivity contribution in [3.63, 3.8) is 0 Å². The Hall–Kier alpha value is -3.03. The second-order valence-electron chi connectivity index (χ2n) is 8.60. The number of piperazine rings is 1. The van der Waals surface area contributed by atoms with Crippen LogP contribution in [0.25, 0.3) is 10.9 Å². The van der Waals surface area contributed by atoms with Gasteiger partial charge in [-0.25, -0.2) is 4.98 Å². The molecular formula is C25H31N5O2. The van der Waals surface area contributed by atoms with Crippen LogP contribution < -0.4 is 10.9 Å². The summed E-state index contributed by atoms with van der Waals surface area (Å²) in [5, 5.41) is 3.79. The number of fused-ring (bicyclic) bond motifs is 1. The lowest BCUT2D eigenvalue weighted by Crippen LogP contribution is -2.47. The Bertz CT molecular complexity index is 1120. The smallest absolute Gasteiger partial charge is 0.261 e. The van der Waals surface area contributed by atoms with E-state index in [2.05, 4.69) is 39.3 Å². The van der Waals surface area contributed by atoms with E-state index in [9.17, 15) is 9.59 Å². The van der Waals surface area contributed by atoms with Crippen molar-refractivity contribution < 1.29 is 4.79 Å². The number of benzene rings is 2. The molecule has 0 spiro atoms. The Morgan fingerprint density at radius 3 is 2.56 bits per heavy atom. The quantitative estimate of drug-likeness (QED) is 0.619. The van der Waals surface area contributed by atoms with Gasteiger partial charge >= 0.3 is 0 Å². The summed E-state index contributed by atoms with van der Waals surface area (Å²) in [6, 6.07) is 15.6. The molecule has 7 nitrogen and oxygen atoms in total. The van der Waals surface area contributed by atoms with E-state index in [-0.39, 0.29) is 23.9 Å². The normalized spacial score (nSPS) is 16.2. The number of hydrogen-bond acceptors (Lipinski definition) is 5. The largest absolute Gasteiger partial charge is 0.348 e.